The molecule has 1 aliphatic carbocycles. The standard InChI is InChI=1S/C36H53N5O14/c37-11-19-25(44)26(45)22(40)34(49-19)54-30-20(12-42)50-36(28(30)47)55-32-24(43)17(38)10-18(39)29(32)52-35-23(41)27(46)31-21(51-35)13-48-33(53-31)16-8-6-15(7-9-16)14-4-2-1-3-5-14/h1-9,17-36,42-47H,10-13,37-41H2/t17-,18+,19+,20-,21-,22-,23-,24+,25-,26-,27-,28-,29-,30-,31-,32-,33-,34-,35-,36+/m1/s1. The van der Waals surface area contributed by atoms with Crippen molar-refractivity contribution >= 4 is 0 Å². The molecule has 0 spiro atoms. The normalized spacial score (nSPS) is 46.3. The van der Waals surface area contributed by atoms with E-state index in [4.69, 9.17) is 66.6 Å². The topological polar surface area (TPSA) is 325 Å². The summed E-state index contributed by atoms with van der Waals surface area (Å²) in [5.41, 5.74) is 33.7. The first kappa shape index (κ1) is 40.9. The van der Waals surface area contributed by atoms with Gasteiger partial charge in [-0.05, 0) is 17.5 Å². The predicted molar refractivity (Wildman–Crippen MR) is 189 cm³/mol. The molecule has 2 aromatic carbocycles. The van der Waals surface area contributed by atoms with E-state index in [1.807, 2.05) is 54.6 Å². The van der Waals surface area contributed by atoms with Gasteiger partial charge in [-0.1, -0.05) is 54.6 Å². The number of aliphatic hydroxyl groups excluding tert-OH is 6. The van der Waals surface area contributed by atoms with Gasteiger partial charge in [0.15, 0.2) is 25.2 Å². The Labute approximate surface area is 317 Å². The molecule has 19 nitrogen and oxygen atoms in total. The lowest BCUT2D eigenvalue weighted by Gasteiger charge is -2.49. The van der Waals surface area contributed by atoms with E-state index in [1.54, 1.807) is 0 Å². The highest BCUT2D eigenvalue weighted by atomic mass is 16.8. The van der Waals surface area contributed by atoms with E-state index in [1.165, 1.54) is 0 Å². The first-order valence-electron chi connectivity index (χ1n) is 18.5. The van der Waals surface area contributed by atoms with Crippen molar-refractivity contribution in [2.24, 2.45) is 28.7 Å². The second-order valence-corrected chi connectivity index (χ2v) is 14.8. The minimum absolute atomic E-state index is 0.0337. The first-order chi connectivity index (χ1) is 26.4. The Bertz CT molecular complexity index is 1530. The molecule has 4 heterocycles. The van der Waals surface area contributed by atoms with Crippen LogP contribution in [0.2, 0.25) is 0 Å². The lowest BCUT2D eigenvalue weighted by atomic mass is 9.84. The highest BCUT2D eigenvalue weighted by molar-refractivity contribution is 5.63. The quantitative estimate of drug-likeness (QED) is 0.108. The molecule has 7 rings (SSSR count). The van der Waals surface area contributed by atoms with Crippen molar-refractivity contribution in [2.45, 2.75) is 129 Å². The van der Waals surface area contributed by atoms with E-state index in [2.05, 4.69) is 0 Å². The van der Waals surface area contributed by atoms with Gasteiger partial charge in [-0.25, -0.2) is 0 Å². The summed E-state index contributed by atoms with van der Waals surface area (Å²) in [7, 11) is 0. The van der Waals surface area contributed by atoms with Crippen LogP contribution >= 0.6 is 0 Å². The molecule has 0 amide bonds. The molecule has 19 heteroatoms. The Morgan fingerprint density at radius 3 is 1.91 bits per heavy atom. The van der Waals surface area contributed by atoms with Crippen LogP contribution < -0.4 is 28.7 Å². The highest BCUT2D eigenvalue weighted by Crippen LogP contribution is 2.37. The Morgan fingerprint density at radius 1 is 0.600 bits per heavy atom. The van der Waals surface area contributed by atoms with E-state index in [-0.39, 0.29) is 19.6 Å². The van der Waals surface area contributed by atoms with Crippen molar-refractivity contribution in [1.29, 1.82) is 0 Å². The van der Waals surface area contributed by atoms with E-state index in [0.29, 0.717) is 0 Å². The smallest absolute Gasteiger partial charge is 0.187 e. The van der Waals surface area contributed by atoms with E-state index in [0.717, 1.165) is 16.7 Å². The molecule has 16 N–H and O–H groups in total. The van der Waals surface area contributed by atoms with Gasteiger partial charge in [-0.15, -0.1) is 0 Å². The van der Waals surface area contributed by atoms with Crippen molar-refractivity contribution in [1.82, 2.24) is 0 Å². The first-order valence-corrected chi connectivity index (χ1v) is 18.5. The summed E-state index contributed by atoms with van der Waals surface area (Å²) in [6.45, 7) is -0.773. The van der Waals surface area contributed by atoms with Crippen molar-refractivity contribution < 1.29 is 68.5 Å². The van der Waals surface area contributed by atoms with Gasteiger partial charge < -0.3 is 97.2 Å². The predicted octanol–water partition coefficient (Wildman–Crippen LogP) is -4.43. The molecule has 1 saturated carbocycles. The number of benzene rings is 2. The zero-order valence-corrected chi connectivity index (χ0v) is 29.9. The number of hydrogen-bond acceptors (Lipinski definition) is 19. The molecule has 55 heavy (non-hydrogen) atoms. The molecule has 306 valence electrons. The fourth-order valence-electron chi connectivity index (χ4n) is 7.84. The van der Waals surface area contributed by atoms with Gasteiger partial charge in [0, 0.05) is 24.2 Å². The van der Waals surface area contributed by atoms with Gasteiger partial charge in [0.25, 0.3) is 0 Å². The largest absolute Gasteiger partial charge is 0.394 e. The Morgan fingerprint density at radius 2 is 1.22 bits per heavy atom. The minimum Gasteiger partial charge on any atom is -0.394 e. The summed E-state index contributed by atoms with van der Waals surface area (Å²) in [5.74, 6) is 0. The lowest BCUT2D eigenvalue weighted by Crippen LogP contribution is -2.69. The molecular weight excluding hydrogens is 726 g/mol. The summed E-state index contributed by atoms with van der Waals surface area (Å²) in [6, 6.07) is 13.5. The summed E-state index contributed by atoms with van der Waals surface area (Å²) < 4.78 is 48.1. The van der Waals surface area contributed by atoms with Crippen molar-refractivity contribution in [3.63, 3.8) is 0 Å². The van der Waals surface area contributed by atoms with Crippen LogP contribution in [0, 0.1) is 0 Å². The van der Waals surface area contributed by atoms with Gasteiger partial charge in [0.2, 0.25) is 0 Å². The van der Waals surface area contributed by atoms with Gasteiger partial charge in [0.05, 0.1) is 31.4 Å². The lowest BCUT2D eigenvalue weighted by molar-refractivity contribution is -0.356. The van der Waals surface area contributed by atoms with Crippen molar-refractivity contribution in [3.05, 3.63) is 60.2 Å². The van der Waals surface area contributed by atoms with Crippen LogP contribution in [0.25, 0.3) is 11.1 Å². The van der Waals surface area contributed by atoms with Crippen molar-refractivity contribution in [3.8, 4) is 11.1 Å². The molecular formula is C36H53N5O14. The number of fused-ring (bicyclic) bond motifs is 1. The van der Waals surface area contributed by atoms with Gasteiger partial charge >= 0.3 is 0 Å². The molecule has 5 fully saturated rings. The summed E-state index contributed by atoms with van der Waals surface area (Å²) in [6.07, 6.45) is -19.6. The van der Waals surface area contributed by atoms with Gasteiger partial charge in [-0.3, -0.25) is 0 Å². The number of hydrogen-bond donors (Lipinski definition) is 11. The zero-order valence-electron chi connectivity index (χ0n) is 29.9. The number of aliphatic hydroxyl groups is 6. The highest BCUT2D eigenvalue weighted by Gasteiger charge is 2.55. The SMILES string of the molecule is NC[C@@H]1O[C@H](O[C@H]2[C@@H](O)[C@H](O[C@@H]3[C@@H](O)[C@H](N)C[C@H](N)[C@H]3O[C@H]3O[C@@H]4CO[C@@H](c5ccc(-c6ccccc6)cc5)O[C@H]4[C@H](O)[C@H]3N)O[C@@H]2CO)[C@H](N)[C@@H](O)[C@@H]1O. The number of ether oxygens (including phenoxy) is 8. The maximum absolute atomic E-state index is 11.4. The molecule has 2 aromatic rings. The fraction of sp³-hybridized carbons (Fsp3) is 0.667. The fourth-order valence-corrected chi connectivity index (χ4v) is 7.84. The third kappa shape index (κ3) is 8.21. The summed E-state index contributed by atoms with van der Waals surface area (Å²) >= 11 is 0. The molecule has 0 bridgehead atoms. The monoisotopic (exact) mass is 779 g/mol. The van der Waals surface area contributed by atoms with Crippen LogP contribution in [-0.2, 0) is 37.9 Å². The summed E-state index contributed by atoms with van der Waals surface area (Å²) in [4.78, 5) is 0. The Balaban J connectivity index is 1.01. The van der Waals surface area contributed by atoms with Crippen LogP contribution in [0.15, 0.2) is 54.6 Å². The van der Waals surface area contributed by atoms with Gasteiger partial charge in [-0.2, -0.15) is 0 Å². The average Bonchev–Trinajstić information content (AvgIpc) is 3.50. The Hall–Kier alpha value is -2.32. The van der Waals surface area contributed by atoms with Crippen LogP contribution in [0.1, 0.15) is 18.3 Å². The third-order valence-electron chi connectivity index (χ3n) is 11.1. The maximum Gasteiger partial charge on any atom is 0.187 e. The number of nitrogens with two attached hydrogens (primary N) is 5. The maximum atomic E-state index is 11.4. The van der Waals surface area contributed by atoms with Gasteiger partial charge in [0.1, 0.15) is 67.1 Å². The van der Waals surface area contributed by atoms with Crippen LogP contribution in [0.3, 0.4) is 0 Å². The van der Waals surface area contributed by atoms with E-state index >= 15 is 0 Å². The Kier molecular flexibility index (Phi) is 12.8. The summed E-state index contributed by atoms with van der Waals surface area (Å²) in [5, 5.41) is 64.7. The second kappa shape index (κ2) is 17.3. The average molecular weight is 780 g/mol. The van der Waals surface area contributed by atoms with E-state index in [9.17, 15) is 30.6 Å². The minimum atomic E-state index is -1.61. The molecule has 4 aliphatic heterocycles. The molecule has 0 unspecified atom stereocenters. The molecule has 0 aromatic heterocycles. The van der Waals surface area contributed by atoms with Crippen LogP contribution in [0.5, 0.6) is 0 Å². The van der Waals surface area contributed by atoms with Crippen LogP contribution in [-0.4, -0.2) is 167 Å². The number of rotatable bonds is 10. The zero-order chi connectivity index (χ0) is 39.1. The molecule has 5 aliphatic rings. The van der Waals surface area contributed by atoms with Crippen LogP contribution in [0.4, 0.5) is 0 Å². The van der Waals surface area contributed by atoms with Crippen molar-refractivity contribution in [2.75, 3.05) is 19.8 Å². The second-order valence-electron chi connectivity index (χ2n) is 14.8. The third-order valence-corrected chi connectivity index (χ3v) is 11.1. The molecule has 4 saturated heterocycles. The molecule has 0 radical (unpaired) electrons. The molecule has 20 atom stereocenters. The van der Waals surface area contributed by atoms with E-state index < -0.39 is 129 Å².